The molecule has 1 aromatic rings. The number of ether oxygens (including phenoxy) is 1. The smallest absolute Gasteiger partial charge is 0.150 e. The van der Waals surface area contributed by atoms with Gasteiger partial charge in [0.2, 0.25) is 0 Å². The van der Waals surface area contributed by atoms with Crippen molar-refractivity contribution >= 4 is 6.29 Å². The molecule has 0 saturated carbocycles. The number of benzene rings is 1. The van der Waals surface area contributed by atoms with E-state index in [0.717, 1.165) is 11.8 Å². The molecular formula is C10H10O3. The van der Waals surface area contributed by atoms with Gasteiger partial charge in [0.15, 0.2) is 0 Å². The molecule has 1 aliphatic heterocycles. The first-order valence-corrected chi connectivity index (χ1v) is 4.10. The highest BCUT2D eigenvalue weighted by atomic mass is 16.5. The minimum Gasteiger partial charge on any atom is -0.380 e. The molecular weight excluding hydrogens is 168 g/mol. The number of hydrogen-bond donors (Lipinski definition) is 1. The average molecular weight is 178 g/mol. The molecule has 0 bridgehead atoms. The topological polar surface area (TPSA) is 46.5 Å². The van der Waals surface area contributed by atoms with E-state index < -0.39 is 5.60 Å². The van der Waals surface area contributed by atoms with E-state index in [2.05, 4.69) is 0 Å². The lowest BCUT2D eigenvalue weighted by Crippen LogP contribution is -2.46. The van der Waals surface area contributed by atoms with Crippen molar-refractivity contribution in [3.8, 4) is 0 Å². The van der Waals surface area contributed by atoms with Crippen LogP contribution in [0, 0.1) is 0 Å². The van der Waals surface area contributed by atoms with E-state index in [0.29, 0.717) is 18.8 Å². The van der Waals surface area contributed by atoms with Gasteiger partial charge < -0.3 is 9.84 Å². The van der Waals surface area contributed by atoms with Gasteiger partial charge in [0, 0.05) is 5.56 Å². The fourth-order valence-electron chi connectivity index (χ4n) is 1.36. The Morgan fingerprint density at radius 2 is 2.23 bits per heavy atom. The fraction of sp³-hybridized carbons (Fsp3) is 0.300. The molecule has 0 aliphatic carbocycles. The minimum atomic E-state index is -0.876. The second-order valence-corrected chi connectivity index (χ2v) is 3.27. The predicted molar refractivity (Wildman–Crippen MR) is 46.5 cm³/mol. The van der Waals surface area contributed by atoms with Crippen molar-refractivity contribution in [2.24, 2.45) is 0 Å². The molecule has 1 fully saturated rings. The van der Waals surface area contributed by atoms with Crippen LogP contribution in [0.5, 0.6) is 0 Å². The monoisotopic (exact) mass is 178 g/mol. The first kappa shape index (κ1) is 8.41. The van der Waals surface area contributed by atoms with Crippen LogP contribution in [0.2, 0.25) is 0 Å². The molecule has 3 nitrogen and oxygen atoms in total. The first-order valence-electron chi connectivity index (χ1n) is 4.10. The summed E-state index contributed by atoms with van der Waals surface area (Å²) in [4.78, 5) is 10.5. The van der Waals surface area contributed by atoms with Crippen LogP contribution >= 0.6 is 0 Å². The van der Waals surface area contributed by atoms with Crippen molar-refractivity contribution < 1.29 is 14.6 Å². The number of hydrogen-bond acceptors (Lipinski definition) is 3. The lowest BCUT2D eigenvalue weighted by atomic mass is 9.91. The van der Waals surface area contributed by atoms with Gasteiger partial charge in [-0.2, -0.15) is 0 Å². The second kappa shape index (κ2) is 2.94. The van der Waals surface area contributed by atoms with Gasteiger partial charge >= 0.3 is 0 Å². The van der Waals surface area contributed by atoms with Crippen molar-refractivity contribution in [2.75, 3.05) is 13.2 Å². The Morgan fingerprint density at radius 1 is 1.46 bits per heavy atom. The van der Waals surface area contributed by atoms with Gasteiger partial charge in [-0.1, -0.05) is 18.2 Å². The number of carbonyl (C=O) groups excluding carboxylic acids is 1. The van der Waals surface area contributed by atoms with Crippen molar-refractivity contribution in [2.45, 2.75) is 5.60 Å². The molecule has 1 aromatic carbocycles. The number of aliphatic hydroxyl groups is 1. The van der Waals surface area contributed by atoms with E-state index in [4.69, 9.17) is 4.74 Å². The first-order chi connectivity index (χ1) is 6.24. The van der Waals surface area contributed by atoms with E-state index in [1.807, 2.05) is 0 Å². The molecule has 1 aliphatic rings. The average Bonchev–Trinajstić information content (AvgIpc) is 2.14. The van der Waals surface area contributed by atoms with Crippen LogP contribution in [0.3, 0.4) is 0 Å². The number of aldehydes is 1. The van der Waals surface area contributed by atoms with E-state index in [1.54, 1.807) is 24.3 Å². The van der Waals surface area contributed by atoms with Gasteiger partial charge in [-0.05, 0) is 11.6 Å². The maximum Gasteiger partial charge on any atom is 0.150 e. The maximum absolute atomic E-state index is 10.5. The lowest BCUT2D eigenvalue weighted by Gasteiger charge is -2.36. The van der Waals surface area contributed by atoms with E-state index in [9.17, 15) is 9.90 Å². The van der Waals surface area contributed by atoms with Gasteiger partial charge in [0.1, 0.15) is 11.9 Å². The standard InChI is InChI=1S/C10H10O3/c11-5-8-2-1-3-9(4-8)10(12)6-13-7-10/h1-5,12H,6-7H2. The quantitative estimate of drug-likeness (QED) is 0.678. The molecule has 0 radical (unpaired) electrons. The van der Waals surface area contributed by atoms with Gasteiger partial charge in [0.25, 0.3) is 0 Å². The summed E-state index contributed by atoms with van der Waals surface area (Å²) in [7, 11) is 0. The molecule has 0 amide bonds. The van der Waals surface area contributed by atoms with E-state index >= 15 is 0 Å². The Hall–Kier alpha value is -1.19. The molecule has 1 heterocycles. The number of carbonyl (C=O) groups is 1. The summed E-state index contributed by atoms with van der Waals surface area (Å²) in [5.74, 6) is 0. The Morgan fingerprint density at radius 3 is 2.77 bits per heavy atom. The highest BCUT2D eigenvalue weighted by Crippen LogP contribution is 2.29. The molecule has 0 atom stereocenters. The third kappa shape index (κ3) is 1.36. The molecule has 0 aromatic heterocycles. The normalized spacial score (nSPS) is 19.2. The molecule has 0 unspecified atom stereocenters. The molecule has 2 rings (SSSR count). The molecule has 13 heavy (non-hydrogen) atoms. The maximum atomic E-state index is 10.5. The minimum absolute atomic E-state index is 0.315. The van der Waals surface area contributed by atoms with E-state index in [-0.39, 0.29) is 0 Å². The molecule has 1 N–H and O–H groups in total. The lowest BCUT2D eigenvalue weighted by molar-refractivity contribution is -0.184. The highest BCUT2D eigenvalue weighted by Gasteiger charge is 2.37. The van der Waals surface area contributed by atoms with Crippen molar-refractivity contribution in [3.63, 3.8) is 0 Å². The van der Waals surface area contributed by atoms with Crippen LogP contribution in [0.4, 0.5) is 0 Å². The van der Waals surface area contributed by atoms with Crippen molar-refractivity contribution in [1.29, 1.82) is 0 Å². The predicted octanol–water partition coefficient (Wildman–Crippen LogP) is 0.717. The third-order valence-corrected chi connectivity index (χ3v) is 2.24. The Balaban J connectivity index is 2.34. The molecule has 68 valence electrons. The Bertz CT molecular complexity index is 329. The Labute approximate surface area is 76.0 Å². The molecule has 0 spiro atoms. The molecule has 1 saturated heterocycles. The third-order valence-electron chi connectivity index (χ3n) is 2.24. The van der Waals surface area contributed by atoms with Crippen LogP contribution in [0.15, 0.2) is 24.3 Å². The van der Waals surface area contributed by atoms with Crippen LogP contribution in [-0.2, 0) is 10.3 Å². The van der Waals surface area contributed by atoms with Crippen molar-refractivity contribution in [3.05, 3.63) is 35.4 Å². The Kier molecular flexibility index (Phi) is 1.90. The zero-order valence-corrected chi connectivity index (χ0v) is 7.06. The summed E-state index contributed by atoms with van der Waals surface area (Å²) in [5.41, 5.74) is 0.458. The zero-order valence-electron chi connectivity index (χ0n) is 7.06. The van der Waals surface area contributed by atoms with Crippen LogP contribution in [0.25, 0.3) is 0 Å². The summed E-state index contributed by atoms with van der Waals surface area (Å²) >= 11 is 0. The second-order valence-electron chi connectivity index (χ2n) is 3.27. The van der Waals surface area contributed by atoms with Gasteiger partial charge in [0.05, 0.1) is 13.2 Å². The molecule has 3 heteroatoms. The van der Waals surface area contributed by atoms with Crippen LogP contribution in [0.1, 0.15) is 15.9 Å². The van der Waals surface area contributed by atoms with Gasteiger partial charge in [-0.15, -0.1) is 0 Å². The van der Waals surface area contributed by atoms with Crippen LogP contribution in [-0.4, -0.2) is 24.6 Å². The van der Waals surface area contributed by atoms with E-state index in [1.165, 1.54) is 0 Å². The number of rotatable bonds is 2. The summed E-state index contributed by atoms with van der Waals surface area (Å²) in [6, 6.07) is 6.96. The fourth-order valence-corrected chi connectivity index (χ4v) is 1.36. The SMILES string of the molecule is O=Cc1cccc(C2(O)COC2)c1. The van der Waals surface area contributed by atoms with Gasteiger partial charge in [-0.3, -0.25) is 4.79 Å². The highest BCUT2D eigenvalue weighted by molar-refractivity contribution is 5.75. The summed E-state index contributed by atoms with van der Waals surface area (Å²) in [6.45, 7) is 0.630. The summed E-state index contributed by atoms with van der Waals surface area (Å²) in [5, 5.41) is 9.86. The van der Waals surface area contributed by atoms with Crippen LogP contribution < -0.4 is 0 Å². The summed E-state index contributed by atoms with van der Waals surface area (Å²) < 4.78 is 4.93. The zero-order chi connectivity index (χ0) is 9.31. The summed E-state index contributed by atoms with van der Waals surface area (Å²) in [6.07, 6.45) is 0.770. The van der Waals surface area contributed by atoms with Gasteiger partial charge in [-0.25, -0.2) is 0 Å². The van der Waals surface area contributed by atoms with Crippen molar-refractivity contribution in [1.82, 2.24) is 0 Å². The largest absolute Gasteiger partial charge is 0.380 e.